The van der Waals surface area contributed by atoms with Gasteiger partial charge in [0.2, 0.25) is 0 Å². The number of hydrogen-bond donors (Lipinski definition) is 0. The maximum Gasteiger partial charge on any atom is 0.0270 e. The molecular formula is C13H18BrN. The van der Waals surface area contributed by atoms with Gasteiger partial charge in [-0.1, -0.05) is 41.6 Å². The predicted molar refractivity (Wildman–Crippen MR) is 67.2 cm³/mol. The third kappa shape index (κ3) is 3.60. The van der Waals surface area contributed by atoms with Crippen molar-refractivity contribution in [3.8, 4) is 0 Å². The van der Waals surface area contributed by atoms with Crippen molar-refractivity contribution in [1.29, 1.82) is 0 Å². The number of aromatic nitrogens is 1. The van der Waals surface area contributed by atoms with Crippen molar-refractivity contribution in [2.24, 2.45) is 5.92 Å². The van der Waals surface area contributed by atoms with Crippen LogP contribution in [0.2, 0.25) is 0 Å². The van der Waals surface area contributed by atoms with E-state index in [0.717, 1.165) is 12.3 Å². The lowest BCUT2D eigenvalue weighted by atomic mass is 9.99. The fraction of sp³-hybridized carbons (Fsp3) is 0.615. The van der Waals surface area contributed by atoms with Gasteiger partial charge < -0.3 is 0 Å². The molecular weight excluding hydrogens is 250 g/mol. The molecule has 1 aliphatic carbocycles. The summed E-state index contributed by atoms with van der Waals surface area (Å²) >= 11 is 3.80. The summed E-state index contributed by atoms with van der Waals surface area (Å²) in [7, 11) is 0. The van der Waals surface area contributed by atoms with Crippen LogP contribution in [0.25, 0.3) is 0 Å². The minimum atomic E-state index is 0.642. The Morgan fingerprint density at radius 3 is 2.60 bits per heavy atom. The first-order chi connectivity index (χ1) is 7.34. The lowest BCUT2D eigenvalue weighted by Gasteiger charge is -2.14. The van der Waals surface area contributed by atoms with Gasteiger partial charge in [-0.15, -0.1) is 0 Å². The standard InChI is InChI=1S/C13H18BrN/c14-13(9-11-3-1-2-4-11)10-12-5-7-15-8-6-12/h5-8,11,13H,1-4,9-10H2. The molecule has 0 amide bonds. The lowest BCUT2D eigenvalue weighted by Crippen LogP contribution is -2.08. The molecule has 2 heteroatoms. The fourth-order valence-electron chi connectivity index (χ4n) is 2.47. The van der Waals surface area contributed by atoms with Crippen molar-refractivity contribution in [3.63, 3.8) is 0 Å². The monoisotopic (exact) mass is 267 g/mol. The fourth-order valence-corrected chi connectivity index (χ4v) is 3.37. The molecule has 0 aromatic carbocycles. The second-order valence-electron chi connectivity index (χ2n) is 4.54. The van der Waals surface area contributed by atoms with E-state index >= 15 is 0 Å². The quantitative estimate of drug-likeness (QED) is 0.753. The molecule has 1 unspecified atom stereocenters. The van der Waals surface area contributed by atoms with Crippen molar-refractivity contribution >= 4 is 15.9 Å². The maximum absolute atomic E-state index is 4.04. The van der Waals surface area contributed by atoms with Gasteiger partial charge >= 0.3 is 0 Å². The molecule has 1 saturated carbocycles. The van der Waals surface area contributed by atoms with Crippen molar-refractivity contribution in [2.45, 2.75) is 43.4 Å². The molecule has 1 heterocycles. The number of pyridine rings is 1. The van der Waals surface area contributed by atoms with Gasteiger partial charge in [0.1, 0.15) is 0 Å². The molecule has 1 aromatic rings. The van der Waals surface area contributed by atoms with Crippen molar-refractivity contribution in [3.05, 3.63) is 30.1 Å². The van der Waals surface area contributed by atoms with E-state index in [1.54, 1.807) is 0 Å². The van der Waals surface area contributed by atoms with E-state index in [1.807, 2.05) is 12.4 Å². The van der Waals surface area contributed by atoms with Crippen LogP contribution in [0.1, 0.15) is 37.7 Å². The topological polar surface area (TPSA) is 12.9 Å². The normalized spacial score (nSPS) is 19.3. The second-order valence-corrected chi connectivity index (χ2v) is 5.84. The molecule has 1 nitrogen and oxygen atoms in total. The third-order valence-corrected chi connectivity index (χ3v) is 3.97. The van der Waals surface area contributed by atoms with E-state index in [2.05, 4.69) is 33.0 Å². The first-order valence-electron chi connectivity index (χ1n) is 5.87. The van der Waals surface area contributed by atoms with Crippen molar-refractivity contribution in [1.82, 2.24) is 4.98 Å². The van der Waals surface area contributed by atoms with Gasteiger partial charge in [-0.05, 0) is 36.5 Å². The molecule has 1 atom stereocenters. The number of nitrogens with zero attached hydrogens (tertiary/aromatic N) is 1. The largest absolute Gasteiger partial charge is 0.265 e. The van der Waals surface area contributed by atoms with Crippen LogP contribution >= 0.6 is 15.9 Å². The van der Waals surface area contributed by atoms with Crippen LogP contribution in [0.15, 0.2) is 24.5 Å². The van der Waals surface area contributed by atoms with Gasteiger partial charge in [-0.2, -0.15) is 0 Å². The molecule has 0 bridgehead atoms. The number of halogens is 1. The zero-order chi connectivity index (χ0) is 10.5. The summed E-state index contributed by atoms with van der Waals surface area (Å²) in [5, 5.41) is 0. The average molecular weight is 268 g/mol. The molecule has 82 valence electrons. The van der Waals surface area contributed by atoms with Crippen LogP contribution in [0.5, 0.6) is 0 Å². The molecule has 0 saturated heterocycles. The van der Waals surface area contributed by atoms with E-state index in [4.69, 9.17) is 0 Å². The van der Waals surface area contributed by atoms with Gasteiger partial charge in [0, 0.05) is 17.2 Å². The van der Waals surface area contributed by atoms with Crippen molar-refractivity contribution < 1.29 is 0 Å². The minimum Gasteiger partial charge on any atom is -0.265 e. The minimum absolute atomic E-state index is 0.642. The first-order valence-corrected chi connectivity index (χ1v) is 6.79. The van der Waals surface area contributed by atoms with Gasteiger partial charge in [-0.3, -0.25) is 4.98 Å². The maximum atomic E-state index is 4.04. The Bertz CT molecular complexity index is 280. The molecule has 0 aliphatic heterocycles. The number of alkyl halides is 1. The molecule has 0 spiro atoms. The summed E-state index contributed by atoms with van der Waals surface area (Å²) in [4.78, 5) is 4.68. The van der Waals surface area contributed by atoms with Crippen LogP contribution < -0.4 is 0 Å². The Hall–Kier alpha value is -0.370. The Kier molecular flexibility index (Phi) is 4.18. The molecule has 0 radical (unpaired) electrons. The van der Waals surface area contributed by atoms with Crippen LogP contribution in [-0.2, 0) is 6.42 Å². The highest BCUT2D eigenvalue weighted by Crippen LogP contribution is 2.31. The second kappa shape index (κ2) is 5.64. The zero-order valence-electron chi connectivity index (χ0n) is 9.03. The average Bonchev–Trinajstić information content (AvgIpc) is 2.71. The number of hydrogen-bond acceptors (Lipinski definition) is 1. The van der Waals surface area contributed by atoms with Gasteiger partial charge in [0.15, 0.2) is 0 Å². The number of rotatable bonds is 4. The molecule has 1 aliphatic rings. The third-order valence-electron chi connectivity index (χ3n) is 3.27. The predicted octanol–water partition coefficient (Wildman–Crippen LogP) is 3.97. The van der Waals surface area contributed by atoms with Crippen LogP contribution in [0.4, 0.5) is 0 Å². The van der Waals surface area contributed by atoms with E-state index in [-0.39, 0.29) is 0 Å². The highest BCUT2D eigenvalue weighted by atomic mass is 79.9. The Balaban J connectivity index is 1.79. The summed E-state index contributed by atoms with van der Waals surface area (Å²) in [5.74, 6) is 0.969. The van der Waals surface area contributed by atoms with E-state index < -0.39 is 0 Å². The van der Waals surface area contributed by atoms with E-state index in [1.165, 1.54) is 37.7 Å². The van der Waals surface area contributed by atoms with Gasteiger partial charge in [-0.25, -0.2) is 0 Å². The molecule has 1 aromatic heterocycles. The van der Waals surface area contributed by atoms with E-state index in [0.29, 0.717) is 4.83 Å². The SMILES string of the molecule is BrC(Cc1ccncc1)CC1CCCC1. The summed E-state index contributed by atoms with van der Waals surface area (Å²) in [6.45, 7) is 0. The lowest BCUT2D eigenvalue weighted by molar-refractivity contribution is 0.495. The Morgan fingerprint density at radius 1 is 1.27 bits per heavy atom. The molecule has 2 rings (SSSR count). The summed E-state index contributed by atoms with van der Waals surface area (Å²) in [5.41, 5.74) is 1.39. The highest BCUT2D eigenvalue weighted by molar-refractivity contribution is 9.09. The summed E-state index contributed by atoms with van der Waals surface area (Å²) in [6.07, 6.45) is 12.0. The summed E-state index contributed by atoms with van der Waals surface area (Å²) in [6, 6.07) is 4.23. The smallest absolute Gasteiger partial charge is 0.0270 e. The molecule has 1 fully saturated rings. The van der Waals surface area contributed by atoms with Crippen LogP contribution in [0.3, 0.4) is 0 Å². The molecule has 0 N–H and O–H groups in total. The van der Waals surface area contributed by atoms with Crippen LogP contribution in [-0.4, -0.2) is 9.81 Å². The zero-order valence-corrected chi connectivity index (χ0v) is 10.6. The van der Waals surface area contributed by atoms with E-state index in [9.17, 15) is 0 Å². The highest BCUT2D eigenvalue weighted by Gasteiger charge is 2.18. The van der Waals surface area contributed by atoms with Gasteiger partial charge in [0.05, 0.1) is 0 Å². The molecule has 15 heavy (non-hydrogen) atoms. The van der Waals surface area contributed by atoms with Crippen molar-refractivity contribution in [2.75, 3.05) is 0 Å². The Labute approximate surface area is 100 Å². The van der Waals surface area contributed by atoms with Gasteiger partial charge in [0.25, 0.3) is 0 Å². The first kappa shape index (κ1) is 11.1. The summed E-state index contributed by atoms with van der Waals surface area (Å²) < 4.78 is 0. The van der Waals surface area contributed by atoms with Crippen LogP contribution in [0, 0.1) is 5.92 Å². The Morgan fingerprint density at radius 2 is 1.93 bits per heavy atom.